The van der Waals surface area contributed by atoms with Gasteiger partial charge in [-0.05, 0) is 25.5 Å². The highest BCUT2D eigenvalue weighted by atomic mass is 16.4. The van der Waals surface area contributed by atoms with Gasteiger partial charge in [0, 0.05) is 12.8 Å². The van der Waals surface area contributed by atoms with Gasteiger partial charge < -0.3 is 5.11 Å². The molecule has 0 saturated heterocycles. The summed E-state index contributed by atoms with van der Waals surface area (Å²) in [7, 11) is 1.81. The highest BCUT2D eigenvalue weighted by molar-refractivity contribution is 5.97. The van der Waals surface area contributed by atoms with Crippen LogP contribution in [-0.4, -0.2) is 23.8 Å². The summed E-state index contributed by atoms with van der Waals surface area (Å²) >= 11 is 0. The zero-order valence-corrected chi connectivity index (χ0v) is 9.77. The molecule has 0 fully saturated rings. The summed E-state index contributed by atoms with van der Waals surface area (Å²) in [5.74, 6) is -0.862. The summed E-state index contributed by atoms with van der Waals surface area (Å²) < 4.78 is 0. The number of carboxylic acid groups (broad SMARTS) is 1. The minimum Gasteiger partial charge on any atom is -0.481 e. The van der Waals surface area contributed by atoms with Crippen molar-refractivity contribution in [3.63, 3.8) is 0 Å². The fourth-order valence-electron chi connectivity index (χ4n) is 1.49. The first-order chi connectivity index (χ1) is 7.50. The lowest BCUT2D eigenvalue weighted by Gasteiger charge is -2.16. The third-order valence-electron chi connectivity index (χ3n) is 2.19. The third-order valence-corrected chi connectivity index (χ3v) is 2.19. The molecule has 0 atom stereocenters. The van der Waals surface area contributed by atoms with Crippen molar-refractivity contribution in [2.45, 2.75) is 20.3 Å². The third kappa shape index (κ3) is 3.38. The SMILES string of the molecule is C/C(CC(=O)O)=N\N(C)c1ccccc1C. The molecule has 1 N–H and O–H groups in total. The summed E-state index contributed by atoms with van der Waals surface area (Å²) in [5.41, 5.74) is 2.67. The number of benzene rings is 1. The Bertz CT molecular complexity index is 413. The second-order valence-electron chi connectivity index (χ2n) is 3.72. The number of aliphatic carboxylic acids is 1. The smallest absolute Gasteiger partial charge is 0.309 e. The maximum absolute atomic E-state index is 10.5. The molecule has 0 aromatic heterocycles. The fraction of sp³-hybridized carbons (Fsp3) is 0.333. The van der Waals surface area contributed by atoms with Crippen molar-refractivity contribution in [1.82, 2.24) is 0 Å². The molecule has 0 amide bonds. The summed E-state index contributed by atoms with van der Waals surface area (Å²) in [6, 6.07) is 7.84. The first-order valence-electron chi connectivity index (χ1n) is 5.06. The highest BCUT2D eigenvalue weighted by Gasteiger charge is 2.04. The van der Waals surface area contributed by atoms with Crippen LogP contribution in [0, 0.1) is 6.92 Å². The van der Waals surface area contributed by atoms with Crippen LogP contribution in [0.25, 0.3) is 0 Å². The monoisotopic (exact) mass is 220 g/mol. The number of rotatable bonds is 4. The highest BCUT2D eigenvalue weighted by Crippen LogP contribution is 2.18. The van der Waals surface area contributed by atoms with Gasteiger partial charge in [0.25, 0.3) is 0 Å². The molecule has 16 heavy (non-hydrogen) atoms. The first-order valence-corrected chi connectivity index (χ1v) is 5.06. The Morgan fingerprint density at radius 1 is 1.44 bits per heavy atom. The second kappa shape index (κ2) is 5.30. The van der Waals surface area contributed by atoms with Gasteiger partial charge in [-0.3, -0.25) is 9.80 Å². The van der Waals surface area contributed by atoms with E-state index in [9.17, 15) is 4.79 Å². The van der Waals surface area contributed by atoms with Crippen LogP contribution in [0.2, 0.25) is 0 Å². The molecular weight excluding hydrogens is 204 g/mol. The number of hydrazone groups is 1. The van der Waals surface area contributed by atoms with E-state index in [2.05, 4.69) is 5.10 Å². The van der Waals surface area contributed by atoms with E-state index in [0.29, 0.717) is 5.71 Å². The minimum atomic E-state index is -0.862. The number of carboxylic acids is 1. The van der Waals surface area contributed by atoms with E-state index in [-0.39, 0.29) is 6.42 Å². The van der Waals surface area contributed by atoms with Gasteiger partial charge >= 0.3 is 5.97 Å². The predicted octanol–water partition coefficient (Wildman–Crippen LogP) is 2.28. The van der Waals surface area contributed by atoms with Crippen LogP contribution in [0.15, 0.2) is 29.4 Å². The van der Waals surface area contributed by atoms with Gasteiger partial charge in [0.05, 0.1) is 12.1 Å². The maximum atomic E-state index is 10.5. The molecule has 4 heteroatoms. The summed E-state index contributed by atoms with van der Waals surface area (Å²) in [6.07, 6.45) is -0.0315. The molecule has 0 radical (unpaired) electrons. The largest absolute Gasteiger partial charge is 0.481 e. The van der Waals surface area contributed by atoms with Crippen LogP contribution >= 0.6 is 0 Å². The molecular formula is C12H16N2O2. The quantitative estimate of drug-likeness (QED) is 0.625. The van der Waals surface area contributed by atoms with Crippen molar-refractivity contribution in [2.75, 3.05) is 12.1 Å². The van der Waals surface area contributed by atoms with E-state index in [1.165, 1.54) is 0 Å². The molecule has 0 unspecified atom stereocenters. The maximum Gasteiger partial charge on any atom is 0.309 e. The van der Waals surface area contributed by atoms with Gasteiger partial charge in [-0.2, -0.15) is 5.10 Å². The molecule has 1 aromatic carbocycles. The van der Waals surface area contributed by atoms with E-state index in [1.54, 1.807) is 11.9 Å². The number of hydrogen-bond acceptors (Lipinski definition) is 3. The average molecular weight is 220 g/mol. The van der Waals surface area contributed by atoms with Gasteiger partial charge in [-0.15, -0.1) is 0 Å². The van der Waals surface area contributed by atoms with Gasteiger partial charge in [-0.25, -0.2) is 0 Å². The average Bonchev–Trinajstić information content (AvgIpc) is 2.16. The Morgan fingerprint density at radius 2 is 2.06 bits per heavy atom. The Kier molecular flexibility index (Phi) is 4.05. The normalized spacial score (nSPS) is 11.3. The molecule has 0 bridgehead atoms. The Morgan fingerprint density at radius 3 is 2.62 bits per heavy atom. The van der Waals surface area contributed by atoms with E-state index < -0.39 is 5.97 Å². The first kappa shape index (κ1) is 12.2. The second-order valence-corrected chi connectivity index (χ2v) is 3.72. The van der Waals surface area contributed by atoms with Crippen molar-refractivity contribution in [2.24, 2.45) is 5.10 Å². The lowest BCUT2D eigenvalue weighted by Crippen LogP contribution is -2.14. The van der Waals surface area contributed by atoms with Crippen LogP contribution < -0.4 is 5.01 Å². The summed E-state index contributed by atoms with van der Waals surface area (Å²) in [6.45, 7) is 3.71. The van der Waals surface area contributed by atoms with Gasteiger partial charge in [-0.1, -0.05) is 18.2 Å². The van der Waals surface area contributed by atoms with Crippen molar-refractivity contribution >= 4 is 17.4 Å². The van der Waals surface area contributed by atoms with Crippen molar-refractivity contribution in [3.05, 3.63) is 29.8 Å². The van der Waals surface area contributed by atoms with Crippen LogP contribution in [0.4, 0.5) is 5.69 Å². The topological polar surface area (TPSA) is 52.9 Å². The van der Waals surface area contributed by atoms with E-state index in [0.717, 1.165) is 11.3 Å². The molecule has 0 spiro atoms. The Balaban J connectivity index is 2.83. The van der Waals surface area contributed by atoms with E-state index in [4.69, 9.17) is 5.11 Å². The van der Waals surface area contributed by atoms with Gasteiger partial charge in [0.1, 0.15) is 0 Å². The fourth-order valence-corrected chi connectivity index (χ4v) is 1.49. The molecule has 0 aliphatic carbocycles. The number of nitrogens with zero attached hydrogens (tertiary/aromatic N) is 2. The molecule has 0 aliphatic rings. The zero-order valence-electron chi connectivity index (χ0n) is 9.77. The van der Waals surface area contributed by atoms with Gasteiger partial charge in [0.2, 0.25) is 0 Å². The van der Waals surface area contributed by atoms with Crippen LogP contribution in [0.1, 0.15) is 18.9 Å². The van der Waals surface area contributed by atoms with Crippen LogP contribution in [0.5, 0.6) is 0 Å². The van der Waals surface area contributed by atoms with Crippen LogP contribution in [-0.2, 0) is 4.79 Å². The zero-order chi connectivity index (χ0) is 12.1. The molecule has 1 aromatic rings. The Labute approximate surface area is 95.2 Å². The van der Waals surface area contributed by atoms with Crippen molar-refractivity contribution in [1.29, 1.82) is 0 Å². The molecule has 0 heterocycles. The number of anilines is 1. The molecule has 0 saturated carbocycles. The Hall–Kier alpha value is -1.84. The van der Waals surface area contributed by atoms with E-state index >= 15 is 0 Å². The molecule has 86 valence electrons. The van der Waals surface area contributed by atoms with E-state index in [1.807, 2.05) is 38.2 Å². The predicted molar refractivity (Wildman–Crippen MR) is 64.9 cm³/mol. The molecule has 4 nitrogen and oxygen atoms in total. The number of hydrogen-bond donors (Lipinski definition) is 1. The summed E-state index contributed by atoms with van der Waals surface area (Å²) in [4.78, 5) is 10.5. The number of carbonyl (C=O) groups is 1. The lowest BCUT2D eigenvalue weighted by atomic mass is 10.2. The number of aryl methyl sites for hydroxylation is 1. The number of para-hydroxylation sites is 1. The molecule has 1 rings (SSSR count). The standard InChI is InChI=1S/C12H16N2O2/c1-9-6-4-5-7-11(9)14(3)13-10(2)8-12(15)16/h4-7H,8H2,1-3H3,(H,15,16)/b13-10+. The lowest BCUT2D eigenvalue weighted by molar-refractivity contribution is -0.135. The minimum absolute atomic E-state index is 0.0315. The summed E-state index contributed by atoms with van der Waals surface area (Å²) in [5, 5.41) is 14.5. The van der Waals surface area contributed by atoms with Crippen LogP contribution in [0.3, 0.4) is 0 Å². The van der Waals surface area contributed by atoms with Crippen molar-refractivity contribution in [3.8, 4) is 0 Å². The van der Waals surface area contributed by atoms with Gasteiger partial charge in [0.15, 0.2) is 0 Å². The van der Waals surface area contributed by atoms with Crippen molar-refractivity contribution < 1.29 is 9.90 Å². The molecule has 0 aliphatic heterocycles.